The molecule has 0 spiro atoms. The fraction of sp³-hybridized carbons (Fsp3) is 1.00. The van der Waals surface area contributed by atoms with Crippen LogP contribution in [-0.2, 0) is 9.47 Å². The van der Waals surface area contributed by atoms with E-state index in [1.165, 1.54) is 0 Å². The Hall–Kier alpha value is -0.200. The second-order valence-electron chi connectivity index (χ2n) is 5.86. The highest BCUT2D eigenvalue weighted by atomic mass is 16.5. The molecule has 0 aliphatic carbocycles. The zero-order valence-electron chi connectivity index (χ0n) is 12.6. The van der Waals surface area contributed by atoms with Crippen LogP contribution in [0.5, 0.6) is 0 Å². The molecule has 2 heterocycles. The molecule has 5 nitrogen and oxygen atoms in total. The lowest BCUT2D eigenvalue weighted by Gasteiger charge is -2.41. The van der Waals surface area contributed by atoms with Crippen LogP contribution in [0.15, 0.2) is 0 Å². The van der Waals surface area contributed by atoms with Crippen LogP contribution in [-0.4, -0.2) is 87.6 Å². The Morgan fingerprint density at radius 2 is 2.11 bits per heavy atom. The Balaban J connectivity index is 1.84. The molecule has 2 aliphatic heterocycles. The monoisotopic (exact) mass is 271 g/mol. The van der Waals surface area contributed by atoms with Gasteiger partial charge in [0.05, 0.1) is 25.9 Å². The summed E-state index contributed by atoms with van der Waals surface area (Å²) in [6.45, 7) is 12.2. The van der Waals surface area contributed by atoms with Gasteiger partial charge < -0.3 is 14.8 Å². The van der Waals surface area contributed by atoms with Gasteiger partial charge in [-0.25, -0.2) is 0 Å². The number of nitrogens with zero attached hydrogens (tertiary/aromatic N) is 2. The third-order valence-electron chi connectivity index (χ3n) is 4.13. The van der Waals surface area contributed by atoms with Crippen LogP contribution in [0.4, 0.5) is 0 Å². The molecule has 0 saturated carbocycles. The van der Waals surface area contributed by atoms with Crippen LogP contribution in [0.1, 0.15) is 13.8 Å². The molecule has 112 valence electrons. The largest absolute Gasteiger partial charge is 0.378 e. The molecule has 2 atom stereocenters. The van der Waals surface area contributed by atoms with Crippen LogP contribution in [0.3, 0.4) is 0 Å². The molecule has 0 radical (unpaired) electrons. The summed E-state index contributed by atoms with van der Waals surface area (Å²) in [4.78, 5) is 5.04. The van der Waals surface area contributed by atoms with Gasteiger partial charge in [0.25, 0.3) is 0 Å². The van der Waals surface area contributed by atoms with E-state index in [2.05, 4.69) is 29.0 Å². The molecule has 2 fully saturated rings. The summed E-state index contributed by atoms with van der Waals surface area (Å²) in [6, 6.07) is 1.10. The van der Waals surface area contributed by atoms with E-state index < -0.39 is 0 Å². The first-order valence-corrected chi connectivity index (χ1v) is 7.52. The van der Waals surface area contributed by atoms with Crippen molar-refractivity contribution in [1.82, 2.24) is 15.1 Å². The maximum absolute atomic E-state index is 5.94. The topological polar surface area (TPSA) is 37.0 Å². The second kappa shape index (κ2) is 7.55. The van der Waals surface area contributed by atoms with E-state index in [-0.39, 0.29) is 0 Å². The maximum atomic E-state index is 5.94. The molecule has 19 heavy (non-hydrogen) atoms. The number of nitrogens with one attached hydrogen (secondary N) is 1. The van der Waals surface area contributed by atoms with E-state index in [1.54, 1.807) is 0 Å². The summed E-state index contributed by atoms with van der Waals surface area (Å²) < 4.78 is 11.5. The smallest absolute Gasteiger partial charge is 0.0829 e. The van der Waals surface area contributed by atoms with E-state index >= 15 is 0 Å². The zero-order valence-corrected chi connectivity index (χ0v) is 12.6. The second-order valence-corrected chi connectivity index (χ2v) is 5.86. The molecule has 0 aromatic heterocycles. The summed E-state index contributed by atoms with van der Waals surface area (Å²) in [5.41, 5.74) is 0. The first-order valence-electron chi connectivity index (χ1n) is 7.52. The molecular formula is C14H29N3O2. The average Bonchev–Trinajstić information content (AvgIpc) is 2.41. The molecule has 2 saturated heterocycles. The van der Waals surface area contributed by atoms with E-state index in [0.717, 1.165) is 52.5 Å². The SMILES string of the molecule is CNCC1COCCN1CC1CN(C(C)C)CCO1. The Morgan fingerprint density at radius 1 is 1.26 bits per heavy atom. The maximum Gasteiger partial charge on any atom is 0.0829 e. The van der Waals surface area contributed by atoms with Gasteiger partial charge in [-0.2, -0.15) is 0 Å². The van der Waals surface area contributed by atoms with E-state index in [0.29, 0.717) is 18.2 Å². The third kappa shape index (κ3) is 4.39. The highest BCUT2D eigenvalue weighted by molar-refractivity contribution is 4.82. The van der Waals surface area contributed by atoms with Crippen LogP contribution in [0, 0.1) is 0 Å². The summed E-state index contributed by atoms with van der Waals surface area (Å²) in [5, 5.41) is 3.26. The fourth-order valence-electron chi connectivity index (χ4n) is 2.94. The lowest BCUT2D eigenvalue weighted by atomic mass is 10.1. The van der Waals surface area contributed by atoms with Gasteiger partial charge in [0.2, 0.25) is 0 Å². The van der Waals surface area contributed by atoms with Gasteiger partial charge in [-0.1, -0.05) is 0 Å². The normalized spacial score (nSPS) is 30.9. The minimum Gasteiger partial charge on any atom is -0.378 e. The van der Waals surface area contributed by atoms with Crippen LogP contribution in [0.2, 0.25) is 0 Å². The van der Waals surface area contributed by atoms with Crippen molar-refractivity contribution in [3.05, 3.63) is 0 Å². The minimum atomic E-state index is 0.341. The van der Waals surface area contributed by atoms with Crippen molar-refractivity contribution in [2.45, 2.75) is 32.0 Å². The number of rotatable bonds is 5. The van der Waals surface area contributed by atoms with Crippen molar-refractivity contribution in [3.63, 3.8) is 0 Å². The summed E-state index contributed by atoms with van der Waals surface area (Å²) in [5.74, 6) is 0. The fourth-order valence-corrected chi connectivity index (χ4v) is 2.94. The van der Waals surface area contributed by atoms with Crippen molar-refractivity contribution >= 4 is 0 Å². The van der Waals surface area contributed by atoms with Crippen molar-refractivity contribution in [3.8, 4) is 0 Å². The summed E-state index contributed by atoms with van der Waals surface area (Å²) in [7, 11) is 2.00. The highest BCUT2D eigenvalue weighted by Gasteiger charge is 2.28. The first kappa shape index (κ1) is 15.2. The zero-order chi connectivity index (χ0) is 13.7. The van der Waals surface area contributed by atoms with Gasteiger partial charge in [0.15, 0.2) is 0 Å². The molecule has 5 heteroatoms. The average molecular weight is 271 g/mol. The van der Waals surface area contributed by atoms with Gasteiger partial charge in [0.1, 0.15) is 0 Å². The molecule has 2 rings (SSSR count). The molecule has 0 bridgehead atoms. The van der Waals surface area contributed by atoms with E-state index in [9.17, 15) is 0 Å². The van der Waals surface area contributed by atoms with Gasteiger partial charge >= 0.3 is 0 Å². The number of morpholine rings is 2. The Kier molecular flexibility index (Phi) is 6.04. The molecule has 0 aromatic rings. The van der Waals surface area contributed by atoms with Crippen LogP contribution >= 0.6 is 0 Å². The number of hydrogen-bond donors (Lipinski definition) is 1. The van der Waals surface area contributed by atoms with Gasteiger partial charge in [-0.05, 0) is 20.9 Å². The first-order chi connectivity index (χ1) is 9.20. The molecular weight excluding hydrogens is 242 g/mol. The predicted octanol–water partition coefficient (Wildman–Crippen LogP) is 0.0158. The Labute approximate surface area is 117 Å². The van der Waals surface area contributed by atoms with E-state index in [4.69, 9.17) is 9.47 Å². The van der Waals surface area contributed by atoms with Gasteiger partial charge in [-0.3, -0.25) is 9.80 Å². The molecule has 2 unspecified atom stereocenters. The molecule has 0 aromatic carbocycles. The van der Waals surface area contributed by atoms with Crippen molar-refractivity contribution in [2.24, 2.45) is 0 Å². The van der Waals surface area contributed by atoms with Crippen molar-refractivity contribution < 1.29 is 9.47 Å². The quantitative estimate of drug-likeness (QED) is 0.763. The van der Waals surface area contributed by atoms with Gasteiger partial charge in [-0.15, -0.1) is 0 Å². The minimum absolute atomic E-state index is 0.341. The molecule has 1 N–H and O–H groups in total. The Morgan fingerprint density at radius 3 is 2.84 bits per heavy atom. The predicted molar refractivity (Wildman–Crippen MR) is 76.6 cm³/mol. The number of likely N-dealkylation sites (N-methyl/N-ethyl adjacent to an activating group) is 1. The van der Waals surface area contributed by atoms with Crippen molar-refractivity contribution in [1.29, 1.82) is 0 Å². The lowest BCUT2D eigenvalue weighted by molar-refractivity contribution is -0.0774. The summed E-state index contributed by atoms with van der Waals surface area (Å²) in [6.07, 6.45) is 0.341. The lowest BCUT2D eigenvalue weighted by Crippen LogP contribution is -2.56. The van der Waals surface area contributed by atoms with Gasteiger partial charge in [0, 0.05) is 44.8 Å². The standard InChI is InChI=1S/C14H29N3O2/c1-12(2)16-5-7-19-14(9-16)10-17-4-6-18-11-13(17)8-15-3/h12-15H,4-11H2,1-3H3. The van der Waals surface area contributed by atoms with E-state index in [1.807, 2.05) is 7.05 Å². The highest BCUT2D eigenvalue weighted by Crippen LogP contribution is 2.13. The molecule has 2 aliphatic rings. The number of hydrogen-bond acceptors (Lipinski definition) is 5. The van der Waals surface area contributed by atoms with Crippen LogP contribution < -0.4 is 5.32 Å². The Bertz CT molecular complexity index is 261. The van der Waals surface area contributed by atoms with Crippen molar-refractivity contribution in [2.75, 3.05) is 59.6 Å². The third-order valence-corrected chi connectivity index (χ3v) is 4.13. The van der Waals surface area contributed by atoms with Crippen LogP contribution in [0.25, 0.3) is 0 Å². The summed E-state index contributed by atoms with van der Waals surface area (Å²) >= 11 is 0. The molecule has 0 amide bonds. The number of ether oxygens (including phenoxy) is 2.